The van der Waals surface area contributed by atoms with Gasteiger partial charge in [0.2, 0.25) is 0 Å². The van der Waals surface area contributed by atoms with Gasteiger partial charge in [-0.2, -0.15) is 8.78 Å². The van der Waals surface area contributed by atoms with Crippen molar-refractivity contribution in [1.82, 2.24) is 5.48 Å². The molecular formula is C14H11F4NO3. The number of ether oxygens (including phenoxy) is 1. The number of nitrogens with one attached hydrogen (secondary N) is 1. The SMILES string of the molecule is O=C(NO)C(c1ccc2cc(OC(F)F)ccc2c1)C(F)F. The van der Waals surface area contributed by atoms with Crippen molar-refractivity contribution in [3.8, 4) is 5.75 Å². The number of hydroxylamine groups is 1. The predicted octanol–water partition coefficient (Wildman–Crippen LogP) is 3.30. The zero-order valence-corrected chi connectivity index (χ0v) is 11.0. The van der Waals surface area contributed by atoms with Gasteiger partial charge in [-0.05, 0) is 28.5 Å². The van der Waals surface area contributed by atoms with Crippen LogP contribution in [0.15, 0.2) is 36.4 Å². The Balaban J connectivity index is 2.39. The molecule has 2 rings (SSSR count). The van der Waals surface area contributed by atoms with Crippen molar-refractivity contribution < 1.29 is 32.3 Å². The molecule has 4 nitrogen and oxygen atoms in total. The summed E-state index contributed by atoms with van der Waals surface area (Å²) in [4.78, 5) is 11.3. The average molecular weight is 317 g/mol. The number of fused-ring (bicyclic) bond motifs is 1. The highest BCUT2D eigenvalue weighted by atomic mass is 19.3. The number of rotatable bonds is 5. The molecule has 2 N–H and O–H groups in total. The second kappa shape index (κ2) is 6.61. The summed E-state index contributed by atoms with van der Waals surface area (Å²) in [6, 6.07) is 8.00. The van der Waals surface area contributed by atoms with Crippen LogP contribution < -0.4 is 10.2 Å². The minimum absolute atomic E-state index is 0.00317. The van der Waals surface area contributed by atoms with E-state index in [1.165, 1.54) is 41.9 Å². The molecule has 8 heteroatoms. The fourth-order valence-electron chi connectivity index (χ4n) is 2.09. The smallest absolute Gasteiger partial charge is 0.387 e. The summed E-state index contributed by atoms with van der Waals surface area (Å²) < 4.78 is 54.4. The molecule has 0 aromatic heterocycles. The zero-order chi connectivity index (χ0) is 16.3. The van der Waals surface area contributed by atoms with E-state index in [0.29, 0.717) is 10.8 Å². The molecule has 0 spiro atoms. The normalized spacial score (nSPS) is 12.7. The van der Waals surface area contributed by atoms with Gasteiger partial charge in [0.1, 0.15) is 11.7 Å². The first-order chi connectivity index (χ1) is 10.4. The van der Waals surface area contributed by atoms with Gasteiger partial charge in [0.15, 0.2) is 0 Å². The Labute approximate surface area is 122 Å². The van der Waals surface area contributed by atoms with E-state index in [0.717, 1.165) is 0 Å². The molecule has 22 heavy (non-hydrogen) atoms. The lowest BCUT2D eigenvalue weighted by Gasteiger charge is -2.15. The second-order valence-electron chi connectivity index (χ2n) is 4.44. The van der Waals surface area contributed by atoms with Crippen molar-refractivity contribution in [3.05, 3.63) is 42.0 Å². The minimum Gasteiger partial charge on any atom is -0.435 e. The number of amides is 1. The van der Waals surface area contributed by atoms with E-state index in [1.807, 2.05) is 0 Å². The fraction of sp³-hybridized carbons (Fsp3) is 0.214. The number of hydrogen-bond donors (Lipinski definition) is 2. The molecule has 0 aliphatic carbocycles. The topological polar surface area (TPSA) is 58.6 Å². The maximum Gasteiger partial charge on any atom is 0.387 e. The van der Waals surface area contributed by atoms with Crippen molar-refractivity contribution in [2.24, 2.45) is 0 Å². The van der Waals surface area contributed by atoms with Gasteiger partial charge in [-0.25, -0.2) is 14.3 Å². The molecule has 0 bridgehead atoms. The van der Waals surface area contributed by atoms with Crippen LogP contribution in [0.2, 0.25) is 0 Å². The maximum absolute atomic E-state index is 13.0. The van der Waals surface area contributed by atoms with E-state index >= 15 is 0 Å². The molecule has 2 aromatic carbocycles. The highest BCUT2D eigenvalue weighted by Crippen LogP contribution is 2.29. The number of halogens is 4. The minimum atomic E-state index is -3.01. The summed E-state index contributed by atoms with van der Waals surface area (Å²) in [5, 5.41) is 9.48. The van der Waals surface area contributed by atoms with Crippen molar-refractivity contribution >= 4 is 16.7 Å². The van der Waals surface area contributed by atoms with Crippen LogP contribution in [0, 0.1) is 0 Å². The molecule has 0 saturated carbocycles. The van der Waals surface area contributed by atoms with E-state index < -0.39 is 24.9 Å². The molecular weight excluding hydrogens is 306 g/mol. The molecule has 0 saturated heterocycles. The summed E-state index contributed by atoms with van der Waals surface area (Å²) in [5.41, 5.74) is 1.20. The number of benzene rings is 2. The number of carbonyl (C=O) groups excluding carboxylic acids is 1. The molecule has 1 atom stereocenters. The molecule has 0 fully saturated rings. The van der Waals surface area contributed by atoms with Crippen LogP contribution in [0.5, 0.6) is 5.75 Å². The Morgan fingerprint density at radius 3 is 2.27 bits per heavy atom. The summed E-state index contributed by atoms with van der Waals surface area (Å²) in [6.45, 7) is -2.96. The zero-order valence-electron chi connectivity index (χ0n) is 11.0. The van der Waals surface area contributed by atoms with Gasteiger partial charge in [0.05, 0.1) is 0 Å². The largest absolute Gasteiger partial charge is 0.435 e. The van der Waals surface area contributed by atoms with Crippen LogP contribution in [0.25, 0.3) is 10.8 Å². The highest BCUT2D eigenvalue weighted by molar-refractivity contribution is 5.88. The van der Waals surface area contributed by atoms with Gasteiger partial charge in [0.25, 0.3) is 12.3 Å². The van der Waals surface area contributed by atoms with Crippen LogP contribution in [-0.4, -0.2) is 24.2 Å². The van der Waals surface area contributed by atoms with Crippen molar-refractivity contribution in [2.45, 2.75) is 19.0 Å². The molecule has 0 aliphatic heterocycles. The van der Waals surface area contributed by atoms with Crippen LogP contribution in [-0.2, 0) is 4.79 Å². The van der Waals surface area contributed by atoms with Crippen molar-refractivity contribution in [2.75, 3.05) is 0 Å². The van der Waals surface area contributed by atoms with Gasteiger partial charge >= 0.3 is 6.61 Å². The Bertz CT molecular complexity index is 678. The lowest BCUT2D eigenvalue weighted by atomic mass is 9.96. The molecule has 0 heterocycles. The lowest BCUT2D eigenvalue weighted by molar-refractivity contribution is -0.134. The fourth-order valence-corrected chi connectivity index (χ4v) is 2.09. The number of hydrogen-bond acceptors (Lipinski definition) is 3. The van der Waals surface area contributed by atoms with Gasteiger partial charge < -0.3 is 4.74 Å². The van der Waals surface area contributed by atoms with E-state index in [9.17, 15) is 22.4 Å². The first-order valence-electron chi connectivity index (χ1n) is 6.13. The Kier molecular flexibility index (Phi) is 4.81. The van der Waals surface area contributed by atoms with E-state index in [2.05, 4.69) is 4.74 Å². The van der Waals surface area contributed by atoms with Gasteiger partial charge in [-0.1, -0.05) is 24.3 Å². The molecule has 0 radical (unpaired) electrons. The molecule has 118 valence electrons. The molecule has 2 aromatic rings. The lowest BCUT2D eigenvalue weighted by Crippen LogP contribution is -2.30. The van der Waals surface area contributed by atoms with Crippen molar-refractivity contribution in [3.63, 3.8) is 0 Å². The molecule has 1 unspecified atom stereocenters. The van der Waals surface area contributed by atoms with E-state index in [-0.39, 0.29) is 11.3 Å². The van der Waals surface area contributed by atoms with Gasteiger partial charge in [-0.3, -0.25) is 10.0 Å². The monoisotopic (exact) mass is 317 g/mol. The third-order valence-corrected chi connectivity index (χ3v) is 3.06. The number of carbonyl (C=O) groups is 1. The summed E-state index contributed by atoms with van der Waals surface area (Å²) in [5.74, 6) is -3.12. The highest BCUT2D eigenvalue weighted by Gasteiger charge is 2.30. The van der Waals surface area contributed by atoms with Crippen LogP contribution in [0.1, 0.15) is 11.5 Å². The summed E-state index contributed by atoms with van der Waals surface area (Å²) >= 11 is 0. The average Bonchev–Trinajstić information content (AvgIpc) is 2.46. The predicted molar refractivity (Wildman–Crippen MR) is 69.3 cm³/mol. The second-order valence-corrected chi connectivity index (χ2v) is 4.44. The first-order valence-corrected chi connectivity index (χ1v) is 6.13. The van der Waals surface area contributed by atoms with Gasteiger partial charge in [0, 0.05) is 0 Å². The van der Waals surface area contributed by atoms with E-state index in [4.69, 9.17) is 5.21 Å². The van der Waals surface area contributed by atoms with E-state index in [1.54, 1.807) is 0 Å². The third kappa shape index (κ3) is 3.45. The molecule has 1 amide bonds. The summed E-state index contributed by atoms with van der Waals surface area (Å²) in [7, 11) is 0. The standard InChI is InChI=1S/C14H11F4NO3/c15-12(16)11(13(20)19-21)9-2-1-8-6-10(22-14(17)18)4-3-7(8)5-9/h1-6,11-12,14,21H,(H,19,20). The van der Waals surface area contributed by atoms with Crippen molar-refractivity contribution in [1.29, 1.82) is 0 Å². The summed E-state index contributed by atoms with van der Waals surface area (Å²) in [6.07, 6.45) is -3.01. The Hall–Kier alpha value is -2.35. The Morgan fingerprint density at radius 2 is 1.68 bits per heavy atom. The quantitative estimate of drug-likeness (QED) is 0.505. The van der Waals surface area contributed by atoms with Crippen LogP contribution in [0.3, 0.4) is 0 Å². The Morgan fingerprint density at radius 1 is 1.05 bits per heavy atom. The molecule has 0 aliphatic rings. The third-order valence-electron chi connectivity index (χ3n) is 3.06. The van der Waals surface area contributed by atoms with Crippen LogP contribution in [0.4, 0.5) is 17.6 Å². The number of alkyl halides is 4. The van der Waals surface area contributed by atoms with Gasteiger partial charge in [-0.15, -0.1) is 0 Å². The maximum atomic E-state index is 13.0. The first kappa shape index (κ1) is 16.0. The van der Waals surface area contributed by atoms with Crippen LogP contribution >= 0.6 is 0 Å².